The van der Waals surface area contributed by atoms with E-state index in [1.807, 2.05) is 0 Å². The number of halogens is 1. The first-order valence-corrected chi connectivity index (χ1v) is 4.60. The quantitative estimate of drug-likeness (QED) is 0.414. The Morgan fingerprint density at radius 3 is 0.750 bits per heavy atom. The van der Waals surface area contributed by atoms with Crippen LogP contribution in [0.1, 0.15) is 20.8 Å². The zero-order chi connectivity index (χ0) is 15.5. The van der Waals surface area contributed by atoms with Crippen molar-refractivity contribution in [2.45, 2.75) is 39.1 Å². The Kier molecular flexibility index (Phi) is 28.5. The molecular formula is C9H15ClFeO9. The minimum absolute atomic E-state index is 0. The molecule has 3 atom stereocenters. The van der Waals surface area contributed by atoms with Crippen molar-refractivity contribution < 1.29 is 74.5 Å². The van der Waals surface area contributed by atoms with E-state index in [0.29, 0.717) is 0 Å². The van der Waals surface area contributed by atoms with Gasteiger partial charge in [0.25, 0.3) is 0 Å². The summed E-state index contributed by atoms with van der Waals surface area (Å²) in [6, 6.07) is 0. The average Bonchev–Trinajstić information content (AvgIpc) is 2.18. The third kappa shape index (κ3) is 36.0. The van der Waals surface area contributed by atoms with E-state index >= 15 is 0 Å². The first-order chi connectivity index (χ1) is 7.93. The maximum absolute atomic E-state index is 9.34. The Morgan fingerprint density at radius 2 is 0.750 bits per heavy atom. The molecule has 0 saturated heterocycles. The summed E-state index contributed by atoms with van der Waals surface area (Å²) < 4.78 is 0. The van der Waals surface area contributed by atoms with Gasteiger partial charge in [-0.25, -0.2) is 0 Å². The summed E-state index contributed by atoms with van der Waals surface area (Å²) in [6.07, 6.45) is -4.03. The molecule has 9 nitrogen and oxygen atoms in total. The second-order valence-electron chi connectivity index (χ2n) is 2.99. The van der Waals surface area contributed by atoms with Crippen LogP contribution in [0.3, 0.4) is 0 Å². The van der Waals surface area contributed by atoms with Crippen LogP contribution in [0.5, 0.6) is 0 Å². The van der Waals surface area contributed by atoms with E-state index in [1.54, 1.807) is 0 Å². The van der Waals surface area contributed by atoms with Gasteiger partial charge in [0.05, 0.1) is 36.2 Å². The van der Waals surface area contributed by atoms with Gasteiger partial charge in [0, 0.05) is 0 Å². The van der Waals surface area contributed by atoms with Gasteiger partial charge in [-0.05, 0) is 20.8 Å². The Morgan fingerprint density at radius 1 is 0.700 bits per heavy atom. The van der Waals surface area contributed by atoms with E-state index in [9.17, 15) is 29.7 Å². The van der Waals surface area contributed by atoms with Crippen LogP contribution in [-0.2, 0) is 31.5 Å². The van der Waals surface area contributed by atoms with Gasteiger partial charge in [0.2, 0.25) is 0 Å². The van der Waals surface area contributed by atoms with Crippen LogP contribution in [0.25, 0.3) is 0 Å². The molecule has 0 aliphatic carbocycles. The van der Waals surface area contributed by atoms with Crippen LogP contribution in [0.2, 0.25) is 0 Å². The van der Waals surface area contributed by atoms with Crippen molar-refractivity contribution in [3.63, 3.8) is 0 Å². The Balaban J connectivity index is -0.0000000536. The van der Waals surface area contributed by atoms with Crippen molar-refractivity contribution in [2.75, 3.05) is 0 Å². The van der Waals surface area contributed by atoms with Gasteiger partial charge in [-0.15, -0.1) is 0 Å². The zero-order valence-electron chi connectivity index (χ0n) is 10.8. The molecule has 20 heavy (non-hydrogen) atoms. The first kappa shape index (κ1) is 31.5. The fraction of sp³-hybridized carbons (Fsp3) is 0.667. The molecule has 120 valence electrons. The SMILES string of the molecule is CC(O)C(=O)[O-].CC(O)C(=O)[O-].CC(O)C(=O)[O-].[Cl+].[Fe+2]. The number of carbonyl (C=O) groups excluding carboxylic acids is 3. The van der Waals surface area contributed by atoms with Crippen LogP contribution in [-0.4, -0.2) is 51.5 Å². The molecule has 0 amide bonds. The van der Waals surface area contributed by atoms with Gasteiger partial charge >= 0.3 is 29.5 Å². The number of carboxylic acids is 3. The molecule has 0 fully saturated rings. The molecule has 0 spiro atoms. The van der Waals surface area contributed by atoms with E-state index < -0.39 is 36.2 Å². The molecule has 0 aliphatic rings. The van der Waals surface area contributed by atoms with Gasteiger partial charge in [-0.3, -0.25) is 0 Å². The Bertz CT molecular complexity index is 225. The van der Waals surface area contributed by atoms with Gasteiger partial charge < -0.3 is 45.0 Å². The molecule has 2 radical (unpaired) electrons. The summed E-state index contributed by atoms with van der Waals surface area (Å²) >= 11 is 0. The van der Waals surface area contributed by atoms with Gasteiger partial charge in [-0.1, -0.05) is 0 Å². The summed E-state index contributed by atoms with van der Waals surface area (Å²) in [6.45, 7) is 3.40. The molecule has 0 aromatic rings. The standard InChI is InChI=1S/3C3H6O3.Cl.Fe/c3*1-2(4)3(5)6;;/h3*2,4H,1H3,(H,5,6);;/q;;;+1;+2/p-3. The minimum atomic E-state index is -1.44. The summed E-state index contributed by atoms with van der Waals surface area (Å²) in [5, 5.41) is 51.9. The monoisotopic (exact) mass is 358 g/mol. The summed E-state index contributed by atoms with van der Waals surface area (Å²) in [7, 11) is 0. The minimum Gasteiger partial charge on any atom is -0.547 e. The fourth-order valence-corrected chi connectivity index (χ4v) is 0. The Hall–Kier alpha value is -0.901. The van der Waals surface area contributed by atoms with E-state index in [2.05, 4.69) is 0 Å². The van der Waals surface area contributed by atoms with Crippen molar-refractivity contribution in [3.05, 3.63) is 0 Å². The maximum Gasteiger partial charge on any atom is 2.00 e. The predicted octanol–water partition coefficient (Wildman–Crippen LogP) is -5.65. The van der Waals surface area contributed by atoms with Crippen LogP contribution in [0.15, 0.2) is 0 Å². The largest absolute Gasteiger partial charge is 2.00 e. The molecule has 11 heteroatoms. The third-order valence-electron chi connectivity index (χ3n) is 1.02. The predicted molar refractivity (Wildman–Crippen MR) is 50.1 cm³/mol. The van der Waals surface area contributed by atoms with E-state index in [1.165, 1.54) is 0 Å². The molecular weight excluding hydrogens is 343 g/mol. The van der Waals surface area contributed by atoms with Crippen molar-refractivity contribution in [2.24, 2.45) is 0 Å². The fourth-order valence-electron chi connectivity index (χ4n) is 0. The van der Waals surface area contributed by atoms with Crippen molar-refractivity contribution >= 4 is 17.9 Å². The molecule has 0 heterocycles. The van der Waals surface area contributed by atoms with Crippen LogP contribution in [0, 0.1) is 12.4 Å². The van der Waals surface area contributed by atoms with E-state index in [-0.39, 0.29) is 29.5 Å². The summed E-state index contributed by atoms with van der Waals surface area (Å²) in [4.78, 5) is 28.0. The molecule has 3 unspecified atom stereocenters. The average molecular weight is 359 g/mol. The molecule has 0 aliphatic heterocycles. The second kappa shape index (κ2) is 18.1. The van der Waals surface area contributed by atoms with Crippen molar-refractivity contribution in [3.8, 4) is 0 Å². The normalized spacial score (nSPS) is 12.3. The first-order valence-electron chi connectivity index (χ1n) is 4.60. The van der Waals surface area contributed by atoms with E-state index in [0.717, 1.165) is 20.8 Å². The summed E-state index contributed by atoms with van der Waals surface area (Å²) in [5.74, 6) is -4.31. The maximum atomic E-state index is 9.34. The number of carboxylic acid groups (broad SMARTS) is 3. The molecule has 0 bridgehead atoms. The smallest absolute Gasteiger partial charge is 0.547 e. The third-order valence-corrected chi connectivity index (χ3v) is 1.02. The zero-order valence-corrected chi connectivity index (χ0v) is 12.6. The number of hydrogen-bond acceptors (Lipinski definition) is 9. The van der Waals surface area contributed by atoms with Gasteiger partial charge in [0.1, 0.15) is 0 Å². The number of aliphatic carboxylic acids is 3. The Labute approximate surface area is 132 Å². The van der Waals surface area contributed by atoms with Crippen LogP contribution in [0.4, 0.5) is 0 Å². The number of rotatable bonds is 3. The number of aliphatic hydroxyl groups is 3. The molecule has 0 saturated carbocycles. The molecule has 0 rings (SSSR count). The number of carbonyl (C=O) groups is 3. The van der Waals surface area contributed by atoms with Crippen LogP contribution >= 0.6 is 0 Å². The van der Waals surface area contributed by atoms with Gasteiger partial charge in [0.15, 0.2) is 0 Å². The van der Waals surface area contributed by atoms with Crippen molar-refractivity contribution in [1.29, 1.82) is 0 Å². The number of aliphatic hydroxyl groups excluding tert-OH is 3. The van der Waals surface area contributed by atoms with Crippen LogP contribution < -0.4 is 15.3 Å². The number of hydrogen-bond donors (Lipinski definition) is 3. The van der Waals surface area contributed by atoms with E-state index in [4.69, 9.17) is 15.3 Å². The summed E-state index contributed by atoms with van der Waals surface area (Å²) in [5.41, 5.74) is 0. The van der Waals surface area contributed by atoms with Crippen molar-refractivity contribution in [1.82, 2.24) is 0 Å². The van der Waals surface area contributed by atoms with Gasteiger partial charge in [-0.2, -0.15) is 0 Å². The topological polar surface area (TPSA) is 181 Å². The molecule has 3 N–H and O–H groups in total. The molecule has 0 aromatic carbocycles. The molecule has 0 aromatic heterocycles. The second-order valence-corrected chi connectivity index (χ2v) is 2.99.